The van der Waals surface area contributed by atoms with Gasteiger partial charge in [0.2, 0.25) is 0 Å². The summed E-state index contributed by atoms with van der Waals surface area (Å²) < 4.78 is 0. The quantitative estimate of drug-likeness (QED) is 0.134. The molecule has 0 radical (unpaired) electrons. The van der Waals surface area contributed by atoms with Gasteiger partial charge in [0.1, 0.15) is 0 Å². The Bertz CT molecular complexity index is 3090. The molecule has 0 N–H and O–H groups in total. The minimum atomic E-state index is -0.131. The number of hydrogen-bond acceptors (Lipinski definition) is 8. The molecule has 71 heavy (non-hydrogen) atoms. The highest BCUT2D eigenvalue weighted by molar-refractivity contribution is 5.70. The monoisotopic (exact) mass is 920 g/mol. The lowest BCUT2D eigenvalue weighted by Crippen LogP contribution is -2.50. The van der Waals surface area contributed by atoms with Crippen LogP contribution in [-0.4, -0.2) is 39.9 Å². The van der Waals surface area contributed by atoms with Crippen LogP contribution in [0.15, 0.2) is 207 Å². The van der Waals surface area contributed by atoms with Gasteiger partial charge in [-0.2, -0.15) is 0 Å². The molecule has 0 aliphatic heterocycles. The average molecular weight is 921 g/mol. The predicted octanol–water partition coefficient (Wildman–Crippen LogP) is 14.6. The van der Waals surface area contributed by atoms with Crippen molar-refractivity contribution in [3.8, 4) is 90.8 Å². The Morgan fingerprint density at radius 1 is 0.324 bits per heavy atom. The standard InChI is InChI=1S/C63H52N8/c1-41-35-43-37-42(2)63(54(36-41)38-43,52-29-23-44(24-30-52)55-33-27-50(39-64-55)61-68-57(46-15-7-3-8-16-46)66-58(69-61)47-17-9-4-10-18-47)53-31-25-45(26-32-53)56-34-28-51(40-65-56)62-70-59(48-19-11-5-12-20-48)67-60(71-62)49-21-13-6-14-22-49/h3-34,39-43,54H,35-38H2,1-2H3. The largest absolute Gasteiger partial charge is 0.255 e. The minimum absolute atomic E-state index is 0.131. The third-order valence-electron chi connectivity index (χ3n) is 14.9. The van der Waals surface area contributed by atoms with Gasteiger partial charge in [0.25, 0.3) is 0 Å². The Hall–Kier alpha value is -8.36. The summed E-state index contributed by atoms with van der Waals surface area (Å²) in [5.74, 6) is 6.18. The maximum absolute atomic E-state index is 5.00. The molecule has 4 heterocycles. The Balaban J connectivity index is 0.842. The summed E-state index contributed by atoms with van der Waals surface area (Å²) in [6.07, 6.45) is 8.80. The van der Waals surface area contributed by atoms with E-state index in [0.717, 1.165) is 61.8 Å². The lowest BCUT2D eigenvalue weighted by molar-refractivity contribution is 0.0402. The molecular weight excluding hydrogens is 869 g/mol. The van der Waals surface area contributed by atoms with Gasteiger partial charge in [0.05, 0.1) is 11.4 Å². The molecule has 4 atom stereocenters. The van der Waals surface area contributed by atoms with Gasteiger partial charge in [0, 0.05) is 62.3 Å². The van der Waals surface area contributed by atoms with Crippen LogP contribution in [0.5, 0.6) is 0 Å². The molecule has 8 heteroatoms. The molecule has 2 aliphatic rings. The van der Waals surface area contributed by atoms with Gasteiger partial charge in [-0.25, -0.2) is 29.9 Å². The van der Waals surface area contributed by atoms with Crippen LogP contribution in [0.4, 0.5) is 0 Å². The zero-order valence-corrected chi connectivity index (χ0v) is 39.8. The van der Waals surface area contributed by atoms with Crippen molar-refractivity contribution in [1.29, 1.82) is 0 Å². The van der Waals surface area contributed by atoms with Crippen LogP contribution in [0, 0.1) is 23.7 Å². The van der Waals surface area contributed by atoms with E-state index in [0.29, 0.717) is 52.7 Å². The first-order valence-corrected chi connectivity index (χ1v) is 24.8. The van der Waals surface area contributed by atoms with Gasteiger partial charge in [-0.3, -0.25) is 9.97 Å². The number of fused-ring (bicyclic) bond motifs is 2. The first-order chi connectivity index (χ1) is 34.9. The van der Waals surface area contributed by atoms with Crippen LogP contribution in [0.25, 0.3) is 90.8 Å². The molecule has 2 saturated carbocycles. The summed E-state index contributed by atoms with van der Waals surface area (Å²) in [6.45, 7) is 4.96. The summed E-state index contributed by atoms with van der Waals surface area (Å²) in [7, 11) is 0. The Labute approximate surface area is 415 Å². The maximum atomic E-state index is 5.00. The smallest absolute Gasteiger partial charge is 0.165 e. The molecule has 0 spiro atoms. The van der Waals surface area contributed by atoms with Gasteiger partial charge >= 0.3 is 0 Å². The van der Waals surface area contributed by atoms with Gasteiger partial charge in [0.15, 0.2) is 34.9 Å². The van der Waals surface area contributed by atoms with Gasteiger partial charge in [-0.05, 0) is 84.7 Å². The first kappa shape index (κ1) is 43.9. The molecule has 2 fully saturated rings. The van der Waals surface area contributed by atoms with E-state index in [1.807, 2.05) is 134 Å². The van der Waals surface area contributed by atoms with Crippen molar-refractivity contribution in [3.05, 3.63) is 218 Å². The van der Waals surface area contributed by atoms with E-state index in [1.54, 1.807) is 0 Å². The summed E-state index contributed by atoms with van der Waals surface area (Å²) in [5, 5.41) is 0. The van der Waals surface area contributed by atoms with E-state index in [4.69, 9.17) is 39.9 Å². The minimum Gasteiger partial charge on any atom is -0.255 e. The highest BCUT2D eigenvalue weighted by Crippen LogP contribution is 2.59. The first-order valence-electron chi connectivity index (χ1n) is 24.8. The molecule has 2 bridgehead atoms. The van der Waals surface area contributed by atoms with Crippen LogP contribution in [0.1, 0.15) is 50.7 Å². The van der Waals surface area contributed by atoms with Crippen molar-refractivity contribution in [1.82, 2.24) is 39.9 Å². The lowest BCUT2D eigenvalue weighted by atomic mass is 9.48. The third-order valence-corrected chi connectivity index (χ3v) is 14.9. The van der Waals surface area contributed by atoms with Crippen molar-refractivity contribution >= 4 is 0 Å². The van der Waals surface area contributed by atoms with Gasteiger partial charge in [-0.1, -0.05) is 184 Å². The Kier molecular flexibility index (Phi) is 11.7. The topological polar surface area (TPSA) is 103 Å². The molecule has 8 nitrogen and oxygen atoms in total. The third kappa shape index (κ3) is 8.60. The van der Waals surface area contributed by atoms with E-state index in [-0.39, 0.29) is 5.41 Å². The highest BCUT2D eigenvalue weighted by Gasteiger charge is 2.52. The second kappa shape index (κ2) is 18.9. The molecule has 0 saturated heterocycles. The van der Waals surface area contributed by atoms with Crippen molar-refractivity contribution in [3.63, 3.8) is 0 Å². The van der Waals surface area contributed by atoms with E-state index in [1.165, 1.54) is 36.8 Å². The number of hydrogen-bond donors (Lipinski definition) is 0. The zero-order valence-electron chi connectivity index (χ0n) is 39.8. The molecule has 0 amide bonds. The van der Waals surface area contributed by atoms with Crippen LogP contribution in [0.2, 0.25) is 0 Å². The fraction of sp³-hybridized carbons (Fsp3) is 0.175. The summed E-state index contributed by atoms with van der Waals surface area (Å²) >= 11 is 0. The van der Waals surface area contributed by atoms with Crippen molar-refractivity contribution in [2.45, 2.75) is 44.9 Å². The Morgan fingerprint density at radius 2 is 0.662 bits per heavy atom. The number of benzene rings is 6. The number of aromatic nitrogens is 8. The second-order valence-electron chi connectivity index (χ2n) is 19.5. The summed E-state index contributed by atoms with van der Waals surface area (Å²) in [6, 6.07) is 67.2. The summed E-state index contributed by atoms with van der Waals surface area (Å²) in [5.41, 5.74) is 12.0. The fourth-order valence-electron chi connectivity index (χ4n) is 11.7. The highest BCUT2D eigenvalue weighted by atomic mass is 15.0. The average Bonchev–Trinajstić information content (AvgIpc) is 3.44. The number of pyridine rings is 2. The van der Waals surface area contributed by atoms with E-state index < -0.39 is 0 Å². The second-order valence-corrected chi connectivity index (χ2v) is 19.5. The predicted molar refractivity (Wildman–Crippen MR) is 283 cm³/mol. The van der Waals surface area contributed by atoms with Crippen LogP contribution in [-0.2, 0) is 5.41 Å². The van der Waals surface area contributed by atoms with E-state index in [9.17, 15) is 0 Å². The molecule has 4 unspecified atom stereocenters. The van der Waals surface area contributed by atoms with Crippen molar-refractivity contribution in [2.24, 2.45) is 23.7 Å². The van der Waals surface area contributed by atoms with Crippen LogP contribution < -0.4 is 0 Å². The molecule has 4 aromatic heterocycles. The molecule has 10 aromatic rings. The van der Waals surface area contributed by atoms with E-state index in [2.05, 4.69) is 86.6 Å². The Morgan fingerprint density at radius 3 is 1.00 bits per heavy atom. The van der Waals surface area contributed by atoms with Crippen molar-refractivity contribution in [2.75, 3.05) is 0 Å². The zero-order chi connectivity index (χ0) is 47.7. The fourth-order valence-corrected chi connectivity index (χ4v) is 11.7. The molecule has 344 valence electrons. The molecular formula is C63H52N8. The lowest BCUT2D eigenvalue weighted by Gasteiger charge is -2.55. The molecule has 2 aliphatic carbocycles. The van der Waals surface area contributed by atoms with E-state index >= 15 is 0 Å². The van der Waals surface area contributed by atoms with Gasteiger partial charge in [-0.15, -0.1) is 0 Å². The number of nitrogens with zero attached hydrogens (tertiary/aromatic N) is 8. The number of rotatable bonds is 10. The SMILES string of the molecule is CC1CC2CC(C)C(c3ccc(-c4ccc(-c5nc(-c6ccccc6)nc(-c6ccccc6)n5)cn4)cc3)(c3ccc(-c4ccc(-c5nc(-c6ccccc6)nc(-c6ccccc6)n5)cn4)cc3)C(C1)C2. The normalized spacial score (nSPS) is 18.2. The summed E-state index contributed by atoms with van der Waals surface area (Å²) in [4.78, 5) is 39.4. The van der Waals surface area contributed by atoms with Crippen LogP contribution >= 0.6 is 0 Å². The maximum Gasteiger partial charge on any atom is 0.165 e. The molecule has 12 rings (SSSR count). The van der Waals surface area contributed by atoms with Gasteiger partial charge < -0.3 is 0 Å². The van der Waals surface area contributed by atoms with Crippen LogP contribution in [0.3, 0.4) is 0 Å². The molecule has 6 aromatic carbocycles. The van der Waals surface area contributed by atoms with Crippen molar-refractivity contribution < 1.29 is 0 Å².